The number of aromatic nitrogens is 6. The molecule has 1 amide bonds. The number of likely N-dealkylation sites (tertiary alicyclic amines) is 1. The average Bonchev–Trinajstić information content (AvgIpc) is 3.25. The van der Waals surface area contributed by atoms with E-state index in [1.807, 2.05) is 18.2 Å². The molecular formula is C18H21N7O. The molecule has 8 heteroatoms. The van der Waals surface area contributed by atoms with Gasteiger partial charge in [-0.3, -0.25) is 4.79 Å². The first-order valence-electron chi connectivity index (χ1n) is 9.20. The highest BCUT2D eigenvalue weighted by molar-refractivity contribution is 6.04. The Labute approximate surface area is 150 Å². The van der Waals surface area contributed by atoms with Gasteiger partial charge in [0.25, 0.3) is 5.91 Å². The number of rotatable bonds is 3. The summed E-state index contributed by atoms with van der Waals surface area (Å²) in [6, 6.07) is 2.33. The Morgan fingerprint density at radius 1 is 1.31 bits per heavy atom. The van der Waals surface area contributed by atoms with Crippen LogP contribution in [0.15, 0.2) is 18.6 Å². The number of carbonyl (C=O) groups excluding carboxylic acids is 1. The number of imidazole rings is 1. The highest BCUT2D eigenvalue weighted by Crippen LogP contribution is 2.38. The molecule has 0 radical (unpaired) electrons. The van der Waals surface area contributed by atoms with Gasteiger partial charge in [0.1, 0.15) is 18.0 Å². The molecule has 134 valence electrons. The number of aryl methyl sites for hydroxylation is 1. The Morgan fingerprint density at radius 2 is 2.19 bits per heavy atom. The third kappa shape index (κ3) is 2.56. The molecule has 1 unspecified atom stereocenters. The van der Waals surface area contributed by atoms with Gasteiger partial charge >= 0.3 is 0 Å². The van der Waals surface area contributed by atoms with Gasteiger partial charge in [-0.05, 0) is 38.7 Å². The van der Waals surface area contributed by atoms with E-state index < -0.39 is 0 Å². The monoisotopic (exact) mass is 351 g/mol. The number of fused-ring (bicyclic) bond motifs is 1. The number of H-pyrrole nitrogens is 1. The molecule has 26 heavy (non-hydrogen) atoms. The molecule has 1 aliphatic heterocycles. The zero-order chi connectivity index (χ0) is 17.7. The zero-order valence-corrected chi connectivity index (χ0v) is 14.7. The molecule has 1 atom stereocenters. The molecule has 3 aromatic rings. The molecule has 1 saturated carbocycles. The van der Waals surface area contributed by atoms with Crippen molar-refractivity contribution in [2.24, 2.45) is 0 Å². The molecule has 0 aromatic carbocycles. The predicted molar refractivity (Wildman–Crippen MR) is 94.8 cm³/mol. The Bertz CT molecular complexity index is 971. The number of carbonyl (C=O) groups is 1. The maximum absolute atomic E-state index is 13.2. The molecular weight excluding hydrogens is 330 g/mol. The highest BCUT2D eigenvalue weighted by Gasteiger charge is 2.33. The van der Waals surface area contributed by atoms with Crippen LogP contribution >= 0.6 is 0 Å². The third-order valence-corrected chi connectivity index (χ3v) is 5.36. The van der Waals surface area contributed by atoms with Gasteiger partial charge < -0.3 is 14.5 Å². The van der Waals surface area contributed by atoms with E-state index in [2.05, 4.69) is 29.7 Å². The summed E-state index contributed by atoms with van der Waals surface area (Å²) in [4.78, 5) is 26.9. The van der Waals surface area contributed by atoms with Gasteiger partial charge in [-0.2, -0.15) is 0 Å². The van der Waals surface area contributed by atoms with Gasteiger partial charge in [-0.25, -0.2) is 9.97 Å². The first-order valence-corrected chi connectivity index (χ1v) is 9.20. The van der Waals surface area contributed by atoms with Crippen molar-refractivity contribution in [3.63, 3.8) is 0 Å². The van der Waals surface area contributed by atoms with Gasteiger partial charge in [0.2, 0.25) is 0 Å². The van der Waals surface area contributed by atoms with E-state index in [4.69, 9.17) is 0 Å². The van der Waals surface area contributed by atoms with Crippen LogP contribution in [0.1, 0.15) is 59.6 Å². The Morgan fingerprint density at radius 3 is 3.04 bits per heavy atom. The van der Waals surface area contributed by atoms with E-state index in [-0.39, 0.29) is 11.8 Å². The minimum atomic E-state index is 0.0308. The summed E-state index contributed by atoms with van der Waals surface area (Å²) >= 11 is 0. The van der Waals surface area contributed by atoms with Crippen LogP contribution in [-0.4, -0.2) is 53.6 Å². The van der Waals surface area contributed by atoms with Crippen molar-refractivity contribution >= 4 is 17.1 Å². The smallest absolute Gasteiger partial charge is 0.256 e. The molecule has 1 N–H and O–H groups in total. The summed E-state index contributed by atoms with van der Waals surface area (Å²) in [5.41, 5.74) is 1.95. The first kappa shape index (κ1) is 15.5. The summed E-state index contributed by atoms with van der Waals surface area (Å²) in [6.07, 6.45) is 7.92. The van der Waals surface area contributed by atoms with Gasteiger partial charge in [0, 0.05) is 31.2 Å². The Balaban J connectivity index is 1.42. The number of amides is 1. The van der Waals surface area contributed by atoms with Crippen LogP contribution in [0.4, 0.5) is 0 Å². The number of aromatic amines is 1. The first-order chi connectivity index (χ1) is 12.7. The van der Waals surface area contributed by atoms with E-state index in [9.17, 15) is 4.79 Å². The number of hydrogen-bond donors (Lipinski definition) is 1. The van der Waals surface area contributed by atoms with E-state index >= 15 is 0 Å². The number of pyridine rings is 1. The van der Waals surface area contributed by atoms with Gasteiger partial charge in [-0.15, -0.1) is 10.2 Å². The number of piperidine rings is 1. The minimum absolute atomic E-state index is 0.0308. The Kier molecular flexibility index (Phi) is 3.51. The van der Waals surface area contributed by atoms with Gasteiger partial charge in [-0.1, -0.05) is 0 Å². The summed E-state index contributed by atoms with van der Waals surface area (Å²) in [5.74, 6) is 2.07. The van der Waals surface area contributed by atoms with Crippen LogP contribution in [0.5, 0.6) is 0 Å². The SMILES string of the molecule is Cc1nc2nccc(C(=O)N3CCCC(c4nncn4C4CC4)C3)c2[nH]1. The van der Waals surface area contributed by atoms with Crippen molar-refractivity contribution in [1.82, 2.24) is 34.6 Å². The van der Waals surface area contributed by atoms with Crippen molar-refractivity contribution in [1.29, 1.82) is 0 Å². The normalized spacial score (nSPS) is 20.7. The quantitative estimate of drug-likeness (QED) is 0.781. The lowest BCUT2D eigenvalue weighted by Crippen LogP contribution is -2.39. The van der Waals surface area contributed by atoms with Crippen LogP contribution in [0.25, 0.3) is 11.2 Å². The number of nitrogens with one attached hydrogen (secondary N) is 1. The summed E-state index contributed by atoms with van der Waals surface area (Å²) in [6.45, 7) is 3.32. The molecule has 1 aliphatic carbocycles. The fourth-order valence-electron chi connectivity index (χ4n) is 3.93. The van der Waals surface area contributed by atoms with Crippen molar-refractivity contribution < 1.29 is 4.79 Å². The van der Waals surface area contributed by atoms with E-state index in [0.29, 0.717) is 23.8 Å². The minimum Gasteiger partial charge on any atom is -0.340 e. The molecule has 2 aliphatic rings. The van der Waals surface area contributed by atoms with Crippen molar-refractivity contribution in [2.45, 2.75) is 44.6 Å². The third-order valence-electron chi connectivity index (χ3n) is 5.36. The van der Waals surface area contributed by atoms with Crippen LogP contribution in [0.2, 0.25) is 0 Å². The second-order valence-corrected chi connectivity index (χ2v) is 7.30. The molecule has 1 saturated heterocycles. The molecule has 3 aromatic heterocycles. The predicted octanol–water partition coefficient (Wildman–Crippen LogP) is 2.21. The molecule has 2 fully saturated rings. The number of hydrogen-bond acceptors (Lipinski definition) is 5. The van der Waals surface area contributed by atoms with E-state index in [1.54, 1.807) is 12.3 Å². The molecule has 4 heterocycles. The summed E-state index contributed by atoms with van der Waals surface area (Å²) in [7, 11) is 0. The van der Waals surface area contributed by atoms with Gasteiger partial charge in [0.15, 0.2) is 5.65 Å². The van der Waals surface area contributed by atoms with Crippen molar-refractivity contribution in [3.05, 3.63) is 35.8 Å². The lowest BCUT2D eigenvalue weighted by Gasteiger charge is -2.32. The maximum Gasteiger partial charge on any atom is 0.256 e. The fraction of sp³-hybridized carbons (Fsp3) is 0.500. The second-order valence-electron chi connectivity index (χ2n) is 7.30. The topological polar surface area (TPSA) is 92.6 Å². The van der Waals surface area contributed by atoms with E-state index in [1.165, 1.54) is 12.8 Å². The van der Waals surface area contributed by atoms with Crippen LogP contribution < -0.4 is 0 Å². The van der Waals surface area contributed by atoms with Crippen molar-refractivity contribution in [3.8, 4) is 0 Å². The highest BCUT2D eigenvalue weighted by atomic mass is 16.2. The van der Waals surface area contributed by atoms with Gasteiger partial charge in [0.05, 0.1) is 11.1 Å². The van der Waals surface area contributed by atoms with E-state index in [0.717, 1.165) is 36.6 Å². The average molecular weight is 351 g/mol. The Hall–Kier alpha value is -2.77. The fourth-order valence-corrected chi connectivity index (χ4v) is 3.93. The number of nitrogens with zero attached hydrogens (tertiary/aromatic N) is 6. The molecule has 5 rings (SSSR count). The largest absolute Gasteiger partial charge is 0.340 e. The van der Waals surface area contributed by atoms with Crippen LogP contribution in [0.3, 0.4) is 0 Å². The summed E-state index contributed by atoms with van der Waals surface area (Å²) < 4.78 is 2.21. The van der Waals surface area contributed by atoms with Crippen molar-refractivity contribution in [2.75, 3.05) is 13.1 Å². The zero-order valence-electron chi connectivity index (χ0n) is 14.7. The molecule has 0 bridgehead atoms. The second kappa shape index (κ2) is 5.89. The maximum atomic E-state index is 13.2. The summed E-state index contributed by atoms with van der Waals surface area (Å²) in [5, 5.41) is 8.49. The lowest BCUT2D eigenvalue weighted by molar-refractivity contribution is 0.0705. The molecule has 0 spiro atoms. The van der Waals surface area contributed by atoms with Crippen LogP contribution in [0, 0.1) is 6.92 Å². The lowest BCUT2D eigenvalue weighted by atomic mass is 9.96. The van der Waals surface area contributed by atoms with Crippen LogP contribution in [-0.2, 0) is 0 Å². The molecule has 8 nitrogen and oxygen atoms in total. The standard InChI is InChI=1S/C18H21N7O/c1-11-21-15-14(6-7-19-16(15)22-11)18(26)24-8-2-3-12(9-24)17-23-20-10-25(17)13-4-5-13/h6-7,10,12-13H,2-5,8-9H2,1H3,(H,19,21,22).